The second-order valence-electron chi connectivity index (χ2n) is 6.58. The predicted molar refractivity (Wildman–Crippen MR) is 115 cm³/mol. The SMILES string of the molecule is COc1cccc(C(=O)Nc2ccc(SCc3cc(=O)n4oc(C)cc4n3)cc2)c1. The maximum absolute atomic E-state index is 12.4. The van der Waals surface area contributed by atoms with Gasteiger partial charge < -0.3 is 14.6 Å². The Morgan fingerprint density at radius 1 is 1.17 bits per heavy atom. The van der Waals surface area contributed by atoms with E-state index < -0.39 is 0 Å². The van der Waals surface area contributed by atoms with Crippen LogP contribution in [0.1, 0.15) is 21.8 Å². The maximum atomic E-state index is 12.4. The molecular weight excluding hydrogens is 402 g/mol. The highest BCUT2D eigenvalue weighted by Crippen LogP contribution is 2.24. The third kappa shape index (κ3) is 4.38. The molecular formula is C22H19N3O4S. The van der Waals surface area contributed by atoms with Crippen LogP contribution in [0.25, 0.3) is 5.65 Å². The minimum atomic E-state index is -0.237. The van der Waals surface area contributed by atoms with Crippen LogP contribution in [0.4, 0.5) is 5.69 Å². The summed E-state index contributed by atoms with van der Waals surface area (Å²) in [5.74, 6) is 1.61. The molecule has 0 atom stereocenters. The van der Waals surface area contributed by atoms with Crippen molar-refractivity contribution in [1.82, 2.24) is 9.56 Å². The first-order valence-electron chi connectivity index (χ1n) is 9.20. The van der Waals surface area contributed by atoms with Crippen molar-refractivity contribution in [3.05, 3.63) is 88.0 Å². The molecule has 2 heterocycles. The first kappa shape index (κ1) is 19.8. The van der Waals surface area contributed by atoms with E-state index in [-0.39, 0.29) is 11.5 Å². The zero-order valence-corrected chi connectivity index (χ0v) is 17.2. The number of anilines is 1. The lowest BCUT2D eigenvalue weighted by Gasteiger charge is -2.08. The van der Waals surface area contributed by atoms with Crippen LogP contribution >= 0.6 is 11.8 Å². The second-order valence-corrected chi connectivity index (χ2v) is 7.63. The fourth-order valence-electron chi connectivity index (χ4n) is 2.91. The zero-order chi connectivity index (χ0) is 21.1. The minimum absolute atomic E-state index is 0.206. The van der Waals surface area contributed by atoms with E-state index in [1.165, 1.54) is 10.6 Å². The first-order chi connectivity index (χ1) is 14.5. The minimum Gasteiger partial charge on any atom is -0.497 e. The van der Waals surface area contributed by atoms with Crippen LogP contribution in [-0.2, 0) is 5.75 Å². The Balaban J connectivity index is 1.40. The highest BCUT2D eigenvalue weighted by Gasteiger charge is 2.09. The lowest BCUT2D eigenvalue weighted by molar-refractivity contribution is 0.102. The van der Waals surface area contributed by atoms with E-state index in [0.29, 0.717) is 39.9 Å². The van der Waals surface area contributed by atoms with Crippen molar-refractivity contribution in [1.29, 1.82) is 0 Å². The summed E-state index contributed by atoms with van der Waals surface area (Å²) in [4.78, 5) is 30.0. The summed E-state index contributed by atoms with van der Waals surface area (Å²) in [5.41, 5.74) is 2.17. The third-order valence-electron chi connectivity index (χ3n) is 4.35. The van der Waals surface area contributed by atoms with Crippen molar-refractivity contribution >= 4 is 29.0 Å². The summed E-state index contributed by atoms with van der Waals surface area (Å²) in [7, 11) is 1.56. The highest BCUT2D eigenvalue weighted by molar-refractivity contribution is 7.98. The number of fused-ring (bicyclic) bond motifs is 1. The van der Waals surface area contributed by atoms with Crippen LogP contribution in [-0.4, -0.2) is 22.6 Å². The molecule has 0 aliphatic heterocycles. The Morgan fingerprint density at radius 3 is 2.73 bits per heavy atom. The first-order valence-corrected chi connectivity index (χ1v) is 10.2. The van der Waals surface area contributed by atoms with Crippen molar-refractivity contribution in [3.63, 3.8) is 0 Å². The number of aromatic nitrogens is 2. The Labute approximate surface area is 176 Å². The number of hydrogen-bond donors (Lipinski definition) is 1. The molecule has 0 saturated heterocycles. The number of amides is 1. The van der Waals surface area contributed by atoms with E-state index in [9.17, 15) is 9.59 Å². The Hall–Kier alpha value is -3.52. The second kappa shape index (κ2) is 8.46. The van der Waals surface area contributed by atoms with Gasteiger partial charge >= 0.3 is 0 Å². The highest BCUT2D eigenvalue weighted by atomic mass is 32.2. The van der Waals surface area contributed by atoms with Gasteiger partial charge in [-0.25, -0.2) is 4.98 Å². The molecule has 7 nitrogen and oxygen atoms in total. The number of thioether (sulfide) groups is 1. The van der Waals surface area contributed by atoms with Gasteiger partial charge in [0.1, 0.15) is 11.5 Å². The van der Waals surface area contributed by atoms with Gasteiger partial charge in [-0.3, -0.25) is 9.59 Å². The maximum Gasteiger partial charge on any atom is 0.287 e. The number of hydrogen-bond acceptors (Lipinski definition) is 6. The zero-order valence-electron chi connectivity index (χ0n) is 16.4. The molecule has 0 aliphatic carbocycles. The van der Waals surface area contributed by atoms with Gasteiger partial charge in [0.15, 0.2) is 5.65 Å². The fourth-order valence-corrected chi connectivity index (χ4v) is 3.70. The third-order valence-corrected chi connectivity index (χ3v) is 5.40. The van der Waals surface area contributed by atoms with E-state index in [2.05, 4.69) is 10.3 Å². The largest absolute Gasteiger partial charge is 0.497 e. The summed E-state index contributed by atoms with van der Waals surface area (Å²) in [5, 5.41) is 2.87. The van der Waals surface area contributed by atoms with E-state index in [1.54, 1.807) is 56.1 Å². The lowest BCUT2D eigenvalue weighted by atomic mass is 10.2. The van der Waals surface area contributed by atoms with Crippen LogP contribution in [0.2, 0.25) is 0 Å². The summed E-state index contributed by atoms with van der Waals surface area (Å²) in [6.07, 6.45) is 0. The Bertz CT molecular complexity index is 1260. The average molecular weight is 421 g/mol. The topological polar surface area (TPSA) is 85.8 Å². The van der Waals surface area contributed by atoms with Gasteiger partial charge in [-0.15, -0.1) is 16.3 Å². The quantitative estimate of drug-likeness (QED) is 0.471. The predicted octanol–water partition coefficient (Wildman–Crippen LogP) is 4.15. The van der Waals surface area contributed by atoms with Crippen molar-refractivity contribution in [2.75, 3.05) is 12.4 Å². The standard InChI is InChI=1S/C22H19N3O4S/c1-14-10-20-23-17(12-21(26)25(20)29-14)13-30-19-8-6-16(7-9-19)24-22(27)15-4-3-5-18(11-15)28-2/h3-12H,13H2,1-2H3,(H,24,27). The molecule has 0 fully saturated rings. The normalized spacial score (nSPS) is 10.9. The average Bonchev–Trinajstić information content (AvgIpc) is 3.14. The number of ether oxygens (including phenoxy) is 1. The van der Waals surface area contributed by atoms with E-state index in [1.807, 2.05) is 24.3 Å². The number of nitrogens with zero attached hydrogens (tertiary/aromatic N) is 2. The molecule has 2 aromatic carbocycles. The summed E-state index contributed by atoms with van der Waals surface area (Å²) in [6.45, 7) is 1.77. The fraction of sp³-hybridized carbons (Fsp3) is 0.136. The number of methoxy groups -OCH3 is 1. The van der Waals surface area contributed by atoms with Crippen molar-refractivity contribution in [2.24, 2.45) is 0 Å². The van der Waals surface area contributed by atoms with Gasteiger partial charge in [0.2, 0.25) is 0 Å². The van der Waals surface area contributed by atoms with Crippen molar-refractivity contribution < 1.29 is 14.1 Å². The molecule has 1 N–H and O–H groups in total. The van der Waals surface area contributed by atoms with E-state index in [4.69, 9.17) is 9.26 Å². The smallest absolute Gasteiger partial charge is 0.287 e. The van der Waals surface area contributed by atoms with Gasteiger partial charge in [0.05, 0.1) is 12.8 Å². The van der Waals surface area contributed by atoms with Crippen LogP contribution in [0.3, 0.4) is 0 Å². The van der Waals surface area contributed by atoms with Gasteiger partial charge in [-0.05, 0) is 49.4 Å². The van der Waals surface area contributed by atoms with Gasteiger partial charge in [0.25, 0.3) is 11.5 Å². The van der Waals surface area contributed by atoms with E-state index in [0.717, 1.165) is 4.90 Å². The van der Waals surface area contributed by atoms with Gasteiger partial charge in [-0.1, -0.05) is 6.07 Å². The Morgan fingerprint density at radius 2 is 1.97 bits per heavy atom. The molecule has 2 aromatic heterocycles. The molecule has 1 amide bonds. The number of carbonyl (C=O) groups is 1. The van der Waals surface area contributed by atoms with Crippen LogP contribution in [0.15, 0.2) is 74.9 Å². The number of rotatable bonds is 6. The molecule has 0 radical (unpaired) electrons. The molecule has 152 valence electrons. The summed E-state index contributed by atoms with van der Waals surface area (Å²) < 4.78 is 11.6. The number of nitrogens with one attached hydrogen (secondary N) is 1. The lowest BCUT2D eigenvalue weighted by Crippen LogP contribution is -2.12. The summed E-state index contributed by atoms with van der Waals surface area (Å²) in [6, 6.07) is 17.7. The molecule has 8 heteroatoms. The number of aryl methyl sites for hydroxylation is 1. The van der Waals surface area contributed by atoms with Crippen LogP contribution in [0, 0.1) is 6.92 Å². The molecule has 0 saturated carbocycles. The molecule has 0 bridgehead atoms. The van der Waals surface area contributed by atoms with Crippen LogP contribution < -0.4 is 15.6 Å². The Kier molecular flexibility index (Phi) is 5.58. The van der Waals surface area contributed by atoms with E-state index >= 15 is 0 Å². The van der Waals surface area contributed by atoms with Gasteiger partial charge in [0, 0.05) is 34.0 Å². The monoisotopic (exact) mass is 421 g/mol. The molecule has 30 heavy (non-hydrogen) atoms. The molecule has 0 unspecified atom stereocenters. The number of carbonyl (C=O) groups excluding carboxylic acids is 1. The molecule has 0 aliphatic rings. The van der Waals surface area contributed by atoms with Crippen molar-refractivity contribution in [3.8, 4) is 5.75 Å². The van der Waals surface area contributed by atoms with Gasteiger partial charge in [-0.2, -0.15) is 0 Å². The molecule has 4 rings (SSSR count). The number of benzene rings is 2. The van der Waals surface area contributed by atoms with Crippen LogP contribution in [0.5, 0.6) is 5.75 Å². The molecule has 0 spiro atoms. The molecule has 4 aromatic rings. The van der Waals surface area contributed by atoms with Crippen molar-refractivity contribution in [2.45, 2.75) is 17.6 Å². The summed E-state index contributed by atoms with van der Waals surface area (Å²) >= 11 is 1.56.